The van der Waals surface area contributed by atoms with E-state index in [0.29, 0.717) is 37.6 Å². The highest BCUT2D eigenvalue weighted by atomic mass is 16.5. The van der Waals surface area contributed by atoms with E-state index in [0.717, 1.165) is 0 Å². The van der Waals surface area contributed by atoms with Crippen molar-refractivity contribution >= 4 is 0 Å². The highest BCUT2D eigenvalue weighted by molar-refractivity contribution is 5.39. The van der Waals surface area contributed by atoms with Crippen LogP contribution in [0.4, 0.5) is 0 Å². The van der Waals surface area contributed by atoms with Crippen LogP contribution in [-0.2, 0) is 0 Å². The minimum absolute atomic E-state index is 0.340. The van der Waals surface area contributed by atoms with Crippen LogP contribution >= 0.6 is 0 Å². The Hall–Kier alpha value is -2.20. The molecule has 0 atom stereocenters. The van der Waals surface area contributed by atoms with Crippen LogP contribution < -0.4 is 9.47 Å². The van der Waals surface area contributed by atoms with E-state index in [9.17, 15) is 0 Å². The molecule has 1 aromatic carbocycles. The zero-order valence-corrected chi connectivity index (χ0v) is 8.85. The first-order chi connectivity index (χ1) is 7.88. The lowest BCUT2D eigenvalue weighted by Crippen LogP contribution is -2.01. The molecule has 0 heterocycles. The number of hydrogen-bond acceptors (Lipinski definition) is 4. The average Bonchev–Trinajstić information content (AvgIpc) is 2.32. The summed E-state index contributed by atoms with van der Waals surface area (Å²) >= 11 is 0. The van der Waals surface area contributed by atoms with Gasteiger partial charge < -0.3 is 9.47 Å². The smallest absolute Gasteiger partial charge is 0.161 e. The molecule has 0 spiro atoms. The van der Waals surface area contributed by atoms with E-state index in [1.807, 2.05) is 24.3 Å². The van der Waals surface area contributed by atoms with Crippen LogP contribution in [0.25, 0.3) is 0 Å². The van der Waals surface area contributed by atoms with E-state index >= 15 is 0 Å². The molecule has 82 valence electrons. The standard InChI is InChI=1S/C12H12N2O2/c13-7-3-9-15-11-5-1-2-6-12(11)16-10-4-8-14/h1-2,5-6H,3-4,9-10H2. The Balaban J connectivity index is 2.54. The van der Waals surface area contributed by atoms with Crippen LogP contribution in [0.5, 0.6) is 11.5 Å². The highest BCUT2D eigenvalue weighted by Gasteiger charge is 2.03. The minimum Gasteiger partial charge on any atom is -0.489 e. The lowest BCUT2D eigenvalue weighted by molar-refractivity contribution is 0.276. The molecule has 4 nitrogen and oxygen atoms in total. The Morgan fingerprint density at radius 2 is 1.31 bits per heavy atom. The maximum Gasteiger partial charge on any atom is 0.161 e. The minimum atomic E-state index is 0.340. The van der Waals surface area contributed by atoms with Crippen LogP contribution in [-0.4, -0.2) is 13.2 Å². The third kappa shape index (κ3) is 3.89. The molecular weight excluding hydrogens is 204 g/mol. The van der Waals surface area contributed by atoms with Crippen LogP contribution in [0.2, 0.25) is 0 Å². The second-order valence-electron chi connectivity index (χ2n) is 2.96. The van der Waals surface area contributed by atoms with Gasteiger partial charge in [0.15, 0.2) is 11.5 Å². The van der Waals surface area contributed by atoms with Gasteiger partial charge in [0, 0.05) is 0 Å². The van der Waals surface area contributed by atoms with Gasteiger partial charge in [-0.05, 0) is 12.1 Å². The molecule has 0 saturated carbocycles. The Morgan fingerprint density at radius 3 is 1.69 bits per heavy atom. The molecule has 0 saturated heterocycles. The Morgan fingerprint density at radius 1 is 0.875 bits per heavy atom. The second kappa shape index (κ2) is 7.14. The first kappa shape index (κ1) is 11.9. The molecule has 1 rings (SSSR count). The van der Waals surface area contributed by atoms with Crippen LogP contribution in [0.15, 0.2) is 24.3 Å². The predicted molar refractivity (Wildman–Crippen MR) is 57.9 cm³/mol. The Bertz CT molecular complexity index is 365. The average molecular weight is 216 g/mol. The van der Waals surface area contributed by atoms with Gasteiger partial charge in [-0.3, -0.25) is 0 Å². The number of ether oxygens (including phenoxy) is 2. The van der Waals surface area contributed by atoms with Crippen molar-refractivity contribution in [3.05, 3.63) is 24.3 Å². The summed E-state index contributed by atoms with van der Waals surface area (Å²) in [5.41, 5.74) is 0. The zero-order chi connectivity index (χ0) is 11.6. The van der Waals surface area contributed by atoms with E-state index in [4.69, 9.17) is 20.0 Å². The van der Waals surface area contributed by atoms with Gasteiger partial charge in [0.05, 0.1) is 25.0 Å². The molecule has 0 aliphatic carbocycles. The first-order valence-corrected chi connectivity index (χ1v) is 4.97. The van der Waals surface area contributed by atoms with Crippen molar-refractivity contribution in [3.63, 3.8) is 0 Å². The molecule has 0 N–H and O–H groups in total. The molecule has 1 aromatic rings. The van der Waals surface area contributed by atoms with Gasteiger partial charge in [-0.15, -0.1) is 0 Å². The summed E-state index contributed by atoms with van der Waals surface area (Å²) in [5, 5.41) is 16.8. The lowest BCUT2D eigenvalue weighted by Gasteiger charge is -2.10. The summed E-state index contributed by atoms with van der Waals surface area (Å²) in [6.07, 6.45) is 0.680. The largest absolute Gasteiger partial charge is 0.489 e. The molecular formula is C12H12N2O2. The van der Waals surface area contributed by atoms with Gasteiger partial charge in [-0.2, -0.15) is 10.5 Å². The fourth-order valence-electron chi connectivity index (χ4n) is 1.10. The van der Waals surface area contributed by atoms with Crippen LogP contribution in [0.3, 0.4) is 0 Å². The Labute approximate surface area is 94.6 Å². The van der Waals surface area contributed by atoms with Crippen molar-refractivity contribution in [2.75, 3.05) is 13.2 Å². The number of nitrogens with zero attached hydrogens (tertiary/aromatic N) is 2. The van der Waals surface area contributed by atoms with E-state index in [1.165, 1.54) is 0 Å². The Kier molecular flexibility index (Phi) is 5.30. The summed E-state index contributed by atoms with van der Waals surface area (Å²) in [6, 6.07) is 11.2. The molecule has 0 amide bonds. The molecule has 0 aliphatic heterocycles. The van der Waals surface area contributed by atoms with Gasteiger partial charge in [-0.25, -0.2) is 0 Å². The SMILES string of the molecule is N#CCCOc1ccccc1OCCC#N. The molecule has 0 bridgehead atoms. The molecule has 0 aliphatic rings. The van der Waals surface area contributed by atoms with Crippen molar-refractivity contribution in [2.45, 2.75) is 12.8 Å². The highest BCUT2D eigenvalue weighted by Crippen LogP contribution is 2.26. The van der Waals surface area contributed by atoms with Crippen molar-refractivity contribution in [2.24, 2.45) is 0 Å². The van der Waals surface area contributed by atoms with Gasteiger partial charge in [0.25, 0.3) is 0 Å². The summed E-state index contributed by atoms with van der Waals surface area (Å²) in [4.78, 5) is 0. The number of para-hydroxylation sites is 2. The number of benzene rings is 1. The quantitative estimate of drug-likeness (QED) is 0.684. The maximum atomic E-state index is 8.39. The zero-order valence-electron chi connectivity index (χ0n) is 8.85. The first-order valence-electron chi connectivity index (χ1n) is 4.97. The van der Waals surface area contributed by atoms with E-state index in [2.05, 4.69) is 0 Å². The molecule has 0 aromatic heterocycles. The van der Waals surface area contributed by atoms with E-state index < -0.39 is 0 Å². The fraction of sp³-hybridized carbons (Fsp3) is 0.333. The van der Waals surface area contributed by atoms with Crippen molar-refractivity contribution in [1.82, 2.24) is 0 Å². The lowest BCUT2D eigenvalue weighted by atomic mass is 10.3. The van der Waals surface area contributed by atoms with E-state index in [1.54, 1.807) is 12.1 Å². The number of rotatable bonds is 6. The molecule has 0 fully saturated rings. The van der Waals surface area contributed by atoms with Gasteiger partial charge >= 0.3 is 0 Å². The van der Waals surface area contributed by atoms with Crippen molar-refractivity contribution in [1.29, 1.82) is 10.5 Å². The summed E-state index contributed by atoms with van der Waals surface area (Å²) < 4.78 is 10.8. The maximum absolute atomic E-state index is 8.39. The summed E-state index contributed by atoms with van der Waals surface area (Å²) in [5.74, 6) is 1.21. The monoisotopic (exact) mass is 216 g/mol. The van der Waals surface area contributed by atoms with Crippen molar-refractivity contribution in [3.8, 4) is 23.6 Å². The summed E-state index contributed by atoms with van der Waals surface area (Å²) in [6.45, 7) is 0.685. The molecule has 0 radical (unpaired) electrons. The summed E-state index contributed by atoms with van der Waals surface area (Å²) in [7, 11) is 0. The normalized spacial score (nSPS) is 8.88. The molecule has 0 unspecified atom stereocenters. The molecule has 16 heavy (non-hydrogen) atoms. The third-order valence-corrected chi connectivity index (χ3v) is 1.79. The fourth-order valence-corrected chi connectivity index (χ4v) is 1.10. The van der Waals surface area contributed by atoms with Gasteiger partial charge in [0.1, 0.15) is 13.2 Å². The third-order valence-electron chi connectivity index (χ3n) is 1.79. The number of nitriles is 2. The topological polar surface area (TPSA) is 66.0 Å². The van der Waals surface area contributed by atoms with Crippen LogP contribution in [0.1, 0.15) is 12.8 Å². The molecule has 4 heteroatoms. The van der Waals surface area contributed by atoms with Gasteiger partial charge in [-0.1, -0.05) is 12.1 Å². The van der Waals surface area contributed by atoms with E-state index in [-0.39, 0.29) is 0 Å². The number of hydrogen-bond donors (Lipinski definition) is 0. The van der Waals surface area contributed by atoms with Crippen molar-refractivity contribution < 1.29 is 9.47 Å². The van der Waals surface area contributed by atoms with Gasteiger partial charge in [0.2, 0.25) is 0 Å². The van der Waals surface area contributed by atoms with Crippen LogP contribution in [0, 0.1) is 22.7 Å². The predicted octanol–water partition coefficient (Wildman–Crippen LogP) is 2.27. The second-order valence-corrected chi connectivity index (χ2v) is 2.96.